The molecule has 0 aromatic heterocycles. The van der Waals surface area contributed by atoms with Gasteiger partial charge >= 0.3 is 0 Å². The van der Waals surface area contributed by atoms with E-state index in [1.54, 1.807) is 0 Å². The molecule has 0 heterocycles. The molecule has 0 fully saturated rings. The predicted molar refractivity (Wildman–Crippen MR) is 349 cm³/mol. The summed E-state index contributed by atoms with van der Waals surface area (Å²) in [6.45, 7) is 4.25. The summed E-state index contributed by atoms with van der Waals surface area (Å²) in [5.74, 6) is -0.0519. The number of allylic oxidation sites excluding steroid dienone is 22. The minimum atomic E-state index is -0.679. The lowest BCUT2D eigenvalue weighted by molar-refractivity contribution is -0.123. The normalized spacial score (nSPS) is 13.6. The van der Waals surface area contributed by atoms with Gasteiger partial charge in [-0.2, -0.15) is 0 Å². The average Bonchev–Trinajstić information content (AvgIpc) is 3.44. The first-order valence-electron chi connectivity index (χ1n) is 33.4. The summed E-state index contributed by atoms with van der Waals surface area (Å²) >= 11 is 0. The van der Waals surface area contributed by atoms with E-state index in [0.717, 1.165) is 109 Å². The number of carbonyl (C=O) groups excluding carboxylic acids is 1. The van der Waals surface area contributed by atoms with Crippen LogP contribution in [0, 0.1) is 0 Å². The molecule has 0 bridgehead atoms. The first kappa shape index (κ1) is 74.5. The van der Waals surface area contributed by atoms with E-state index < -0.39 is 12.1 Å². The van der Waals surface area contributed by atoms with Gasteiger partial charge in [-0.25, -0.2) is 0 Å². The molecule has 4 heteroatoms. The number of hydrogen-bond acceptors (Lipinski definition) is 3. The number of nitrogens with one attached hydrogen (secondary N) is 1. The van der Waals surface area contributed by atoms with E-state index in [-0.39, 0.29) is 12.5 Å². The Hall–Kier alpha value is -3.47. The van der Waals surface area contributed by atoms with Gasteiger partial charge in [0.15, 0.2) is 0 Å². The average molecular weight is 1080 g/mol. The Morgan fingerprint density at radius 3 is 0.846 bits per heavy atom. The maximum atomic E-state index is 12.5. The maximum Gasteiger partial charge on any atom is 0.220 e. The van der Waals surface area contributed by atoms with E-state index in [9.17, 15) is 15.0 Å². The monoisotopic (exact) mass is 1080 g/mol. The lowest BCUT2D eigenvalue weighted by Crippen LogP contribution is -2.45. The van der Waals surface area contributed by atoms with Crippen molar-refractivity contribution in [3.8, 4) is 0 Å². The van der Waals surface area contributed by atoms with Gasteiger partial charge in [0.05, 0.1) is 18.8 Å². The highest BCUT2D eigenvalue weighted by Crippen LogP contribution is 2.17. The van der Waals surface area contributed by atoms with Gasteiger partial charge in [-0.1, -0.05) is 340 Å². The predicted octanol–water partition coefficient (Wildman–Crippen LogP) is 22.9. The molecule has 0 rings (SSSR count). The smallest absolute Gasteiger partial charge is 0.220 e. The Bertz CT molecular complexity index is 1550. The Labute approximate surface area is 485 Å². The Balaban J connectivity index is 3.59. The minimum absolute atomic E-state index is 0.0519. The summed E-state index contributed by atoms with van der Waals surface area (Å²) in [5.41, 5.74) is 0. The van der Waals surface area contributed by atoms with Gasteiger partial charge < -0.3 is 15.5 Å². The maximum absolute atomic E-state index is 12.5. The molecule has 0 aliphatic carbocycles. The number of aliphatic hydroxyl groups is 2. The van der Waals surface area contributed by atoms with Gasteiger partial charge in [-0.05, 0) is 96.3 Å². The van der Waals surface area contributed by atoms with Crippen LogP contribution in [-0.2, 0) is 4.79 Å². The molecule has 0 spiro atoms. The highest BCUT2D eigenvalue weighted by Gasteiger charge is 2.20. The molecule has 2 unspecified atom stereocenters. The molecule has 0 aromatic rings. The zero-order valence-electron chi connectivity index (χ0n) is 51.4. The number of aliphatic hydroxyl groups excluding tert-OH is 2. The number of rotatable bonds is 60. The van der Waals surface area contributed by atoms with E-state index in [2.05, 4.69) is 153 Å². The molecule has 446 valence electrons. The molecule has 4 nitrogen and oxygen atoms in total. The van der Waals surface area contributed by atoms with E-state index in [0.29, 0.717) is 12.8 Å². The molecule has 1 amide bonds. The van der Waals surface area contributed by atoms with Crippen molar-refractivity contribution < 1.29 is 15.0 Å². The fourth-order valence-electron chi connectivity index (χ4n) is 9.66. The summed E-state index contributed by atoms with van der Waals surface area (Å²) in [6, 6.07) is -0.559. The third kappa shape index (κ3) is 63.4. The molecule has 0 radical (unpaired) electrons. The molecule has 0 aromatic carbocycles. The third-order valence-corrected chi connectivity index (χ3v) is 14.7. The van der Waals surface area contributed by atoms with Crippen LogP contribution >= 0.6 is 0 Å². The second kappa shape index (κ2) is 67.8. The minimum Gasteiger partial charge on any atom is -0.394 e. The Morgan fingerprint density at radius 2 is 0.564 bits per heavy atom. The van der Waals surface area contributed by atoms with Crippen molar-refractivity contribution in [3.63, 3.8) is 0 Å². The molecular weight excluding hydrogens is 951 g/mol. The second-order valence-electron chi connectivity index (χ2n) is 22.2. The van der Waals surface area contributed by atoms with Gasteiger partial charge in [0, 0.05) is 6.42 Å². The standard InChI is InChI=1S/C74H127NO3/c1-3-5-7-9-11-13-15-17-19-21-23-25-27-29-31-32-33-34-35-36-37-38-39-40-41-42-44-46-48-50-52-54-56-58-60-62-64-66-68-70-74(78)75-72(71-76)73(77)69-67-65-63-61-59-57-55-53-51-49-47-45-43-30-28-26-24-22-20-18-16-14-12-10-8-6-4-2/h5,7,11,13,17,19,23,25,29,31,33-34,36-37,39-40,42,44,48,50,54,56,72-73,76-77H,3-4,6,8-10,12,14-16,18,20-22,24,26-28,30,32,35,38,41,43,45-47,49,51-53,55,57-71H2,1-2H3,(H,75,78)/b7-5-,13-11-,19-17-,25-23-,31-29-,34-33-,37-36-,40-39-,44-42-,50-48-,56-54-. The number of carbonyl (C=O) groups is 1. The summed E-state index contributed by atoms with van der Waals surface area (Å²) in [4.78, 5) is 12.5. The van der Waals surface area contributed by atoms with Crippen LogP contribution < -0.4 is 5.32 Å². The zero-order valence-corrected chi connectivity index (χ0v) is 51.4. The highest BCUT2D eigenvalue weighted by atomic mass is 16.3. The van der Waals surface area contributed by atoms with Crippen molar-refractivity contribution >= 4 is 5.91 Å². The quantitative estimate of drug-likeness (QED) is 0.0420. The number of hydrogen-bond donors (Lipinski definition) is 3. The van der Waals surface area contributed by atoms with Crippen LogP contribution in [0.1, 0.15) is 309 Å². The van der Waals surface area contributed by atoms with Gasteiger partial charge in [0.1, 0.15) is 0 Å². The van der Waals surface area contributed by atoms with E-state index >= 15 is 0 Å². The van der Waals surface area contributed by atoms with Gasteiger partial charge in [-0.15, -0.1) is 0 Å². The SMILES string of the molecule is CC/C=C\C/C=C\C/C=C\C/C=C\C/C=C\C/C=C\C/C=C\C/C=C\C/C=C\C/C=C\C/C=C\CCCCCCCC(=O)NC(CO)C(O)CCCCCCCCCCCCCCCCCCCCCCCCCCCCC. The van der Waals surface area contributed by atoms with E-state index in [1.807, 2.05) is 0 Å². The van der Waals surface area contributed by atoms with Crippen molar-refractivity contribution in [2.45, 2.75) is 321 Å². The van der Waals surface area contributed by atoms with Crippen LogP contribution in [0.15, 0.2) is 134 Å². The number of unbranched alkanes of at least 4 members (excludes halogenated alkanes) is 31. The summed E-state index contributed by atoms with van der Waals surface area (Å²) in [5, 5.41) is 23.4. The van der Waals surface area contributed by atoms with Crippen LogP contribution in [-0.4, -0.2) is 34.9 Å². The lowest BCUT2D eigenvalue weighted by Gasteiger charge is -2.22. The van der Waals surface area contributed by atoms with Gasteiger partial charge in [-0.3, -0.25) is 4.79 Å². The van der Waals surface area contributed by atoms with Crippen LogP contribution in [0.5, 0.6) is 0 Å². The molecular formula is C74H127NO3. The summed E-state index contributed by atoms with van der Waals surface area (Å²) in [6.07, 6.45) is 105. The molecule has 0 aliphatic rings. The van der Waals surface area contributed by atoms with Crippen molar-refractivity contribution in [2.75, 3.05) is 6.61 Å². The first-order chi connectivity index (χ1) is 38.7. The van der Waals surface area contributed by atoms with Crippen molar-refractivity contribution in [3.05, 3.63) is 134 Å². The van der Waals surface area contributed by atoms with Gasteiger partial charge in [0.2, 0.25) is 5.91 Å². The Kier molecular flexibility index (Phi) is 64.8. The fraction of sp³-hybridized carbons (Fsp3) is 0.689. The van der Waals surface area contributed by atoms with Crippen LogP contribution in [0.2, 0.25) is 0 Å². The molecule has 78 heavy (non-hydrogen) atoms. The van der Waals surface area contributed by atoms with Crippen molar-refractivity contribution in [1.29, 1.82) is 0 Å². The molecule has 0 saturated heterocycles. The van der Waals surface area contributed by atoms with E-state index in [4.69, 9.17) is 0 Å². The van der Waals surface area contributed by atoms with Crippen molar-refractivity contribution in [2.24, 2.45) is 0 Å². The van der Waals surface area contributed by atoms with E-state index in [1.165, 1.54) is 173 Å². The molecule has 2 atom stereocenters. The van der Waals surface area contributed by atoms with Crippen LogP contribution in [0.25, 0.3) is 0 Å². The van der Waals surface area contributed by atoms with Crippen molar-refractivity contribution in [1.82, 2.24) is 5.32 Å². The van der Waals surface area contributed by atoms with Gasteiger partial charge in [0.25, 0.3) is 0 Å². The van der Waals surface area contributed by atoms with Crippen LogP contribution in [0.3, 0.4) is 0 Å². The lowest BCUT2D eigenvalue weighted by atomic mass is 10.0. The van der Waals surface area contributed by atoms with Crippen LogP contribution in [0.4, 0.5) is 0 Å². The third-order valence-electron chi connectivity index (χ3n) is 14.7. The topological polar surface area (TPSA) is 69.6 Å². The number of amides is 1. The summed E-state index contributed by atoms with van der Waals surface area (Å²) in [7, 11) is 0. The Morgan fingerprint density at radius 1 is 0.321 bits per heavy atom. The second-order valence-corrected chi connectivity index (χ2v) is 22.2. The highest BCUT2D eigenvalue weighted by molar-refractivity contribution is 5.76. The molecule has 0 saturated carbocycles. The fourth-order valence-corrected chi connectivity index (χ4v) is 9.66. The zero-order chi connectivity index (χ0) is 56.2. The summed E-state index contributed by atoms with van der Waals surface area (Å²) < 4.78 is 0. The molecule has 3 N–H and O–H groups in total. The first-order valence-corrected chi connectivity index (χ1v) is 33.4. The largest absolute Gasteiger partial charge is 0.394 e. The molecule has 0 aliphatic heterocycles.